The molecule has 0 unspecified atom stereocenters. The van der Waals surface area contributed by atoms with Crippen LogP contribution in [-0.2, 0) is 16.0 Å². The van der Waals surface area contributed by atoms with E-state index in [0.717, 1.165) is 41.9 Å². The Balaban J connectivity index is 1.68. The van der Waals surface area contributed by atoms with Gasteiger partial charge in [0.05, 0.1) is 22.2 Å². The van der Waals surface area contributed by atoms with Gasteiger partial charge in [0.15, 0.2) is 0 Å². The van der Waals surface area contributed by atoms with E-state index in [0.29, 0.717) is 13.0 Å². The van der Waals surface area contributed by atoms with Crippen LogP contribution in [0.25, 0.3) is 21.7 Å². The van der Waals surface area contributed by atoms with Crippen molar-refractivity contribution in [2.45, 2.75) is 39.0 Å². The van der Waals surface area contributed by atoms with Crippen molar-refractivity contribution in [1.29, 1.82) is 0 Å². The third-order valence-corrected chi connectivity index (χ3v) is 5.50. The lowest BCUT2D eigenvalue weighted by Gasteiger charge is -2.02. The Morgan fingerprint density at radius 2 is 1.59 bits per heavy atom. The predicted octanol–water partition coefficient (Wildman–Crippen LogP) is 6.14. The summed E-state index contributed by atoms with van der Waals surface area (Å²) in [7, 11) is 0. The maximum Gasteiger partial charge on any atom is 0.305 e. The third kappa shape index (κ3) is 5.51. The number of aryl methyl sites for hydroxylation is 1. The first-order valence-electron chi connectivity index (χ1n) is 9.54. The zero-order valence-corrected chi connectivity index (χ0v) is 16.5. The molecule has 3 rings (SSSR count). The number of esters is 1. The fourth-order valence-electron chi connectivity index (χ4n) is 3.00. The van der Waals surface area contributed by atoms with Gasteiger partial charge in [0.1, 0.15) is 0 Å². The number of aromatic nitrogens is 1. The third-order valence-electron chi connectivity index (χ3n) is 4.33. The van der Waals surface area contributed by atoms with Gasteiger partial charge in [0, 0.05) is 12.0 Å². The summed E-state index contributed by atoms with van der Waals surface area (Å²) in [6, 6.07) is 20.8. The molecule has 0 aliphatic carbocycles. The second kappa shape index (κ2) is 10.0. The fraction of sp³-hybridized carbons (Fsp3) is 0.304. The molecule has 0 radical (unpaired) electrons. The highest BCUT2D eigenvalue weighted by Crippen LogP contribution is 2.37. The van der Waals surface area contributed by atoms with Gasteiger partial charge in [-0.05, 0) is 31.7 Å². The number of nitrogens with zero attached hydrogens (tertiary/aromatic N) is 1. The number of benzene rings is 2. The van der Waals surface area contributed by atoms with E-state index in [1.807, 2.05) is 19.1 Å². The van der Waals surface area contributed by atoms with Crippen LogP contribution in [-0.4, -0.2) is 17.6 Å². The van der Waals surface area contributed by atoms with Gasteiger partial charge in [-0.3, -0.25) is 4.79 Å². The number of rotatable bonds is 9. The zero-order valence-electron chi connectivity index (χ0n) is 15.7. The number of thiazole rings is 1. The van der Waals surface area contributed by atoms with Crippen LogP contribution in [0.3, 0.4) is 0 Å². The van der Waals surface area contributed by atoms with Gasteiger partial charge < -0.3 is 4.74 Å². The molecule has 0 bridgehead atoms. The molecule has 0 amide bonds. The Labute approximate surface area is 165 Å². The number of carbonyl (C=O) groups is 1. The van der Waals surface area contributed by atoms with Crippen LogP contribution < -0.4 is 0 Å². The Hall–Kier alpha value is -2.46. The van der Waals surface area contributed by atoms with Gasteiger partial charge in [-0.15, -0.1) is 11.3 Å². The first kappa shape index (κ1) is 19.3. The van der Waals surface area contributed by atoms with Crippen molar-refractivity contribution in [3.63, 3.8) is 0 Å². The number of hydrogen-bond acceptors (Lipinski definition) is 4. The SMILES string of the molecule is CCOC(=O)CCCCCc1nc(-c2ccccc2)c(-c2ccccc2)s1. The minimum atomic E-state index is -0.0931. The minimum Gasteiger partial charge on any atom is -0.466 e. The molecule has 3 aromatic rings. The van der Waals surface area contributed by atoms with Crippen LogP contribution in [0.2, 0.25) is 0 Å². The molecule has 0 saturated carbocycles. The molecule has 0 aliphatic rings. The molecule has 1 aromatic heterocycles. The summed E-state index contributed by atoms with van der Waals surface area (Å²) in [6.07, 6.45) is 4.38. The van der Waals surface area contributed by atoms with Crippen molar-refractivity contribution in [2.75, 3.05) is 6.61 Å². The molecule has 140 valence electrons. The summed E-state index contributed by atoms with van der Waals surface area (Å²) in [5, 5.41) is 1.16. The van der Waals surface area contributed by atoms with Crippen molar-refractivity contribution in [2.24, 2.45) is 0 Å². The van der Waals surface area contributed by atoms with E-state index >= 15 is 0 Å². The van der Waals surface area contributed by atoms with E-state index in [2.05, 4.69) is 48.5 Å². The smallest absolute Gasteiger partial charge is 0.305 e. The summed E-state index contributed by atoms with van der Waals surface area (Å²) in [4.78, 5) is 17.6. The summed E-state index contributed by atoms with van der Waals surface area (Å²) < 4.78 is 4.97. The molecular weight excluding hydrogens is 354 g/mol. The van der Waals surface area contributed by atoms with E-state index in [-0.39, 0.29) is 5.97 Å². The van der Waals surface area contributed by atoms with E-state index in [4.69, 9.17) is 9.72 Å². The maximum atomic E-state index is 11.4. The van der Waals surface area contributed by atoms with Gasteiger partial charge >= 0.3 is 5.97 Å². The van der Waals surface area contributed by atoms with Gasteiger partial charge in [-0.2, -0.15) is 0 Å². The first-order chi connectivity index (χ1) is 13.3. The average molecular weight is 380 g/mol. The highest BCUT2D eigenvalue weighted by atomic mass is 32.1. The van der Waals surface area contributed by atoms with Crippen LogP contribution in [0.15, 0.2) is 60.7 Å². The molecule has 1 heterocycles. The van der Waals surface area contributed by atoms with Gasteiger partial charge in [-0.25, -0.2) is 4.98 Å². The Morgan fingerprint density at radius 3 is 2.26 bits per heavy atom. The zero-order chi connectivity index (χ0) is 18.9. The molecule has 27 heavy (non-hydrogen) atoms. The molecule has 2 aromatic carbocycles. The fourth-order valence-corrected chi connectivity index (χ4v) is 4.14. The molecule has 0 atom stereocenters. The monoisotopic (exact) mass is 379 g/mol. The second-order valence-corrected chi connectivity index (χ2v) is 7.47. The van der Waals surface area contributed by atoms with E-state index in [9.17, 15) is 4.79 Å². The Bertz CT molecular complexity index is 786. The lowest BCUT2D eigenvalue weighted by atomic mass is 10.1. The molecule has 0 spiro atoms. The summed E-state index contributed by atoms with van der Waals surface area (Å²) in [5.41, 5.74) is 3.43. The largest absolute Gasteiger partial charge is 0.466 e. The highest BCUT2D eigenvalue weighted by Gasteiger charge is 2.14. The summed E-state index contributed by atoms with van der Waals surface area (Å²) in [6.45, 7) is 2.30. The van der Waals surface area contributed by atoms with Crippen LogP contribution >= 0.6 is 11.3 Å². The number of unbranched alkanes of at least 4 members (excludes halogenated alkanes) is 2. The lowest BCUT2D eigenvalue weighted by molar-refractivity contribution is -0.143. The standard InChI is InChI=1S/C23H25NO2S/c1-2-26-21(25)17-11-5-10-16-20-24-22(18-12-6-3-7-13-18)23(27-20)19-14-8-4-9-15-19/h3-4,6-9,12-15H,2,5,10-11,16-17H2,1H3. The molecule has 0 saturated heterocycles. The minimum absolute atomic E-state index is 0.0931. The second-order valence-electron chi connectivity index (χ2n) is 6.38. The molecule has 0 N–H and O–H groups in total. The van der Waals surface area contributed by atoms with Gasteiger partial charge in [0.25, 0.3) is 0 Å². The van der Waals surface area contributed by atoms with Crippen LogP contribution in [0.5, 0.6) is 0 Å². The molecule has 0 aliphatic heterocycles. The lowest BCUT2D eigenvalue weighted by Crippen LogP contribution is -2.03. The van der Waals surface area contributed by atoms with E-state index in [1.54, 1.807) is 11.3 Å². The van der Waals surface area contributed by atoms with Gasteiger partial charge in [0.2, 0.25) is 0 Å². The highest BCUT2D eigenvalue weighted by molar-refractivity contribution is 7.15. The van der Waals surface area contributed by atoms with Crippen molar-refractivity contribution < 1.29 is 9.53 Å². The Morgan fingerprint density at radius 1 is 0.926 bits per heavy atom. The van der Waals surface area contributed by atoms with E-state index < -0.39 is 0 Å². The molecule has 0 fully saturated rings. The van der Waals surface area contributed by atoms with Crippen LogP contribution in [0.1, 0.15) is 37.6 Å². The predicted molar refractivity (Wildman–Crippen MR) is 112 cm³/mol. The summed E-state index contributed by atoms with van der Waals surface area (Å²) >= 11 is 1.78. The van der Waals surface area contributed by atoms with Crippen molar-refractivity contribution >= 4 is 17.3 Å². The average Bonchev–Trinajstić information content (AvgIpc) is 3.13. The van der Waals surface area contributed by atoms with E-state index in [1.165, 1.54) is 10.4 Å². The normalized spacial score (nSPS) is 10.7. The molecule has 3 nitrogen and oxygen atoms in total. The van der Waals surface area contributed by atoms with Crippen LogP contribution in [0, 0.1) is 0 Å². The van der Waals surface area contributed by atoms with Crippen LogP contribution in [0.4, 0.5) is 0 Å². The number of carbonyl (C=O) groups excluding carboxylic acids is 1. The van der Waals surface area contributed by atoms with Gasteiger partial charge in [-0.1, -0.05) is 67.1 Å². The Kier molecular flexibility index (Phi) is 7.17. The van der Waals surface area contributed by atoms with Crippen molar-refractivity contribution in [3.8, 4) is 21.7 Å². The summed E-state index contributed by atoms with van der Waals surface area (Å²) in [5.74, 6) is -0.0931. The first-order valence-corrected chi connectivity index (χ1v) is 10.4. The number of hydrogen-bond donors (Lipinski definition) is 0. The maximum absolute atomic E-state index is 11.4. The molecular formula is C23H25NO2S. The molecule has 4 heteroatoms. The van der Waals surface area contributed by atoms with Crippen molar-refractivity contribution in [3.05, 3.63) is 65.7 Å². The van der Waals surface area contributed by atoms with Crippen molar-refractivity contribution in [1.82, 2.24) is 4.98 Å². The topological polar surface area (TPSA) is 39.2 Å². The quantitative estimate of drug-likeness (QED) is 0.331. The number of ether oxygens (including phenoxy) is 1.